The standard InChI is InChI=1S/C16H28N2O/c1-11-3-2-8-16(17,9-11)15(19)18-10-14(12-4-5-12)13-6-7-13/h11-14H,2-10,17H2,1H3,(H,18,19). The molecule has 3 nitrogen and oxygen atoms in total. The van der Waals surface area contributed by atoms with Gasteiger partial charge in [-0.15, -0.1) is 0 Å². The summed E-state index contributed by atoms with van der Waals surface area (Å²) in [5.74, 6) is 3.24. The van der Waals surface area contributed by atoms with Crippen molar-refractivity contribution in [2.75, 3.05) is 6.54 Å². The van der Waals surface area contributed by atoms with E-state index < -0.39 is 5.54 Å². The molecule has 3 rings (SSSR count). The van der Waals surface area contributed by atoms with Gasteiger partial charge in [0.15, 0.2) is 0 Å². The molecule has 3 heteroatoms. The molecule has 3 saturated carbocycles. The highest BCUT2D eigenvalue weighted by atomic mass is 16.2. The van der Waals surface area contributed by atoms with E-state index >= 15 is 0 Å². The summed E-state index contributed by atoms with van der Waals surface area (Å²) in [7, 11) is 0. The van der Waals surface area contributed by atoms with Crippen LogP contribution in [0.4, 0.5) is 0 Å². The molecule has 3 N–H and O–H groups in total. The zero-order valence-corrected chi connectivity index (χ0v) is 12.2. The van der Waals surface area contributed by atoms with Crippen molar-refractivity contribution in [3.8, 4) is 0 Å². The SMILES string of the molecule is CC1CCCC(N)(C(=O)NCC(C2CC2)C2CC2)C1. The molecule has 3 aliphatic rings. The maximum atomic E-state index is 12.4. The first-order chi connectivity index (χ1) is 9.08. The highest BCUT2D eigenvalue weighted by Gasteiger charge is 2.43. The molecule has 108 valence electrons. The van der Waals surface area contributed by atoms with Crippen molar-refractivity contribution < 1.29 is 4.79 Å². The van der Waals surface area contributed by atoms with Gasteiger partial charge in [0.05, 0.1) is 5.54 Å². The van der Waals surface area contributed by atoms with Crippen molar-refractivity contribution in [2.24, 2.45) is 29.4 Å². The van der Waals surface area contributed by atoms with E-state index in [-0.39, 0.29) is 5.91 Å². The maximum absolute atomic E-state index is 12.4. The highest BCUT2D eigenvalue weighted by molar-refractivity contribution is 5.86. The van der Waals surface area contributed by atoms with Gasteiger partial charge in [0.1, 0.15) is 0 Å². The predicted molar refractivity (Wildman–Crippen MR) is 76.5 cm³/mol. The van der Waals surface area contributed by atoms with Crippen molar-refractivity contribution in [3.63, 3.8) is 0 Å². The van der Waals surface area contributed by atoms with Crippen LogP contribution in [0.5, 0.6) is 0 Å². The lowest BCUT2D eigenvalue weighted by Crippen LogP contribution is -2.56. The molecule has 0 saturated heterocycles. The third kappa shape index (κ3) is 3.13. The Kier molecular flexibility index (Phi) is 3.59. The molecular formula is C16H28N2O. The van der Waals surface area contributed by atoms with E-state index in [1.54, 1.807) is 0 Å². The molecule has 3 aliphatic carbocycles. The molecule has 2 atom stereocenters. The van der Waals surface area contributed by atoms with Crippen LogP contribution in [0.15, 0.2) is 0 Å². The molecule has 19 heavy (non-hydrogen) atoms. The summed E-state index contributed by atoms with van der Waals surface area (Å²) in [6.45, 7) is 3.09. The van der Waals surface area contributed by atoms with E-state index in [4.69, 9.17) is 5.73 Å². The van der Waals surface area contributed by atoms with Crippen molar-refractivity contribution in [2.45, 2.75) is 63.8 Å². The minimum Gasteiger partial charge on any atom is -0.354 e. The molecular weight excluding hydrogens is 236 g/mol. The Labute approximate surface area is 116 Å². The fraction of sp³-hybridized carbons (Fsp3) is 0.938. The monoisotopic (exact) mass is 264 g/mol. The Hall–Kier alpha value is -0.570. The van der Waals surface area contributed by atoms with Gasteiger partial charge in [-0.25, -0.2) is 0 Å². The van der Waals surface area contributed by atoms with E-state index in [1.807, 2.05) is 0 Å². The van der Waals surface area contributed by atoms with Gasteiger partial charge in [-0.05, 0) is 62.2 Å². The Balaban J connectivity index is 1.52. The highest BCUT2D eigenvalue weighted by Crippen LogP contribution is 2.48. The average molecular weight is 264 g/mol. The second-order valence-corrected chi connectivity index (χ2v) is 7.41. The van der Waals surface area contributed by atoms with Crippen LogP contribution in [0, 0.1) is 23.7 Å². The molecule has 0 radical (unpaired) electrons. The summed E-state index contributed by atoms with van der Waals surface area (Å²) in [6, 6.07) is 0. The number of nitrogens with one attached hydrogen (secondary N) is 1. The van der Waals surface area contributed by atoms with E-state index in [9.17, 15) is 4.79 Å². The molecule has 0 bridgehead atoms. The molecule has 0 aromatic heterocycles. The fourth-order valence-electron chi connectivity index (χ4n) is 3.95. The van der Waals surface area contributed by atoms with Crippen LogP contribution in [0.25, 0.3) is 0 Å². The van der Waals surface area contributed by atoms with E-state index in [0.29, 0.717) is 5.92 Å². The summed E-state index contributed by atoms with van der Waals surface area (Å²) in [5, 5.41) is 3.19. The molecule has 0 aromatic rings. The van der Waals surface area contributed by atoms with Crippen molar-refractivity contribution in [3.05, 3.63) is 0 Å². The molecule has 0 spiro atoms. The quantitative estimate of drug-likeness (QED) is 0.801. The van der Waals surface area contributed by atoms with Gasteiger partial charge in [-0.3, -0.25) is 4.79 Å². The van der Waals surface area contributed by atoms with E-state index in [0.717, 1.165) is 43.6 Å². The number of amides is 1. The first kappa shape index (κ1) is 13.4. The van der Waals surface area contributed by atoms with Gasteiger partial charge in [0.25, 0.3) is 0 Å². The first-order valence-electron chi connectivity index (χ1n) is 8.16. The maximum Gasteiger partial charge on any atom is 0.240 e. The van der Waals surface area contributed by atoms with Crippen molar-refractivity contribution >= 4 is 5.91 Å². The number of nitrogens with two attached hydrogens (primary N) is 1. The van der Waals surface area contributed by atoms with Gasteiger partial charge in [-0.2, -0.15) is 0 Å². The van der Waals surface area contributed by atoms with Crippen LogP contribution in [0.1, 0.15) is 58.3 Å². The van der Waals surface area contributed by atoms with Gasteiger partial charge >= 0.3 is 0 Å². The summed E-state index contributed by atoms with van der Waals surface area (Å²) in [5.41, 5.74) is 5.76. The third-order valence-electron chi connectivity index (χ3n) is 5.44. The number of rotatable bonds is 5. The lowest BCUT2D eigenvalue weighted by molar-refractivity contribution is -0.128. The number of carbonyl (C=O) groups excluding carboxylic acids is 1. The van der Waals surface area contributed by atoms with Crippen LogP contribution in [-0.4, -0.2) is 18.0 Å². The number of hydrogen-bond acceptors (Lipinski definition) is 2. The largest absolute Gasteiger partial charge is 0.354 e. The van der Waals surface area contributed by atoms with Crippen LogP contribution in [0.2, 0.25) is 0 Å². The number of hydrogen-bond donors (Lipinski definition) is 2. The summed E-state index contributed by atoms with van der Waals surface area (Å²) in [4.78, 5) is 12.4. The zero-order valence-electron chi connectivity index (χ0n) is 12.2. The third-order valence-corrected chi connectivity index (χ3v) is 5.44. The fourth-order valence-corrected chi connectivity index (χ4v) is 3.95. The lowest BCUT2D eigenvalue weighted by Gasteiger charge is -2.35. The molecule has 1 amide bonds. The smallest absolute Gasteiger partial charge is 0.240 e. The summed E-state index contributed by atoms with van der Waals surface area (Å²) in [6.07, 6.45) is 9.54. The molecule has 0 aromatic carbocycles. The molecule has 0 heterocycles. The van der Waals surface area contributed by atoms with Crippen LogP contribution in [-0.2, 0) is 4.79 Å². The van der Waals surface area contributed by atoms with Gasteiger partial charge in [-0.1, -0.05) is 19.8 Å². The second-order valence-electron chi connectivity index (χ2n) is 7.41. The zero-order chi connectivity index (χ0) is 13.5. The number of carbonyl (C=O) groups is 1. The van der Waals surface area contributed by atoms with Crippen LogP contribution in [0.3, 0.4) is 0 Å². The summed E-state index contributed by atoms with van der Waals surface area (Å²) >= 11 is 0. The Morgan fingerprint density at radius 2 is 1.89 bits per heavy atom. The van der Waals surface area contributed by atoms with Crippen molar-refractivity contribution in [1.29, 1.82) is 0 Å². The predicted octanol–water partition coefficient (Wildman–Crippen LogP) is 2.45. The minimum absolute atomic E-state index is 0.116. The van der Waals surface area contributed by atoms with Crippen molar-refractivity contribution in [1.82, 2.24) is 5.32 Å². The normalized spacial score (nSPS) is 35.4. The first-order valence-corrected chi connectivity index (χ1v) is 8.16. The average Bonchev–Trinajstić information content (AvgIpc) is 3.23. The van der Waals surface area contributed by atoms with Gasteiger partial charge in [0.2, 0.25) is 5.91 Å². The van der Waals surface area contributed by atoms with Gasteiger partial charge < -0.3 is 11.1 Å². The molecule has 3 fully saturated rings. The van der Waals surface area contributed by atoms with Gasteiger partial charge in [0, 0.05) is 6.54 Å². The Morgan fingerprint density at radius 3 is 2.42 bits per heavy atom. The Bertz CT molecular complexity index is 337. The molecule has 0 aliphatic heterocycles. The minimum atomic E-state index is -0.588. The van der Waals surface area contributed by atoms with E-state index in [1.165, 1.54) is 32.1 Å². The van der Waals surface area contributed by atoms with Crippen LogP contribution < -0.4 is 11.1 Å². The Morgan fingerprint density at radius 1 is 1.26 bits per heavy atom. The topological polar surface area (TPSA) is 55.1 Å². The van der Waals surface area contributed by atoms with Crippen LogP contribution >= 0.6 is 0 Å². The second kappa shape index (κ2) is 5.08. The lowest BCUT2D eigenvalue weighted by atomic mass is 9.76. The molecule has 2 unspecified atom stereocenters. The van der Waals surface area contributed by atoms with E-state index in [2.05, 4.69) is 12.2 Å². The summed E-state index contributed by atoms with van der Waals surface area (Å²) < 4.78 is 0.